The van der Waals surface area contributed by atoms with E-state index < -0.39 is 11.2 Å². The molecule has 0 bridgehead atoms. The van der Waals surface area contributed by atoms with Crippen LogP contribution in [0.1, 0.15) is 26.3 Å². The molecule has 0 unspecified atom stereocenters. The number of hydrogen-bond donors (Lipinski definition) is 1. The second-order valence-corrected chi connectivity index (χ2v) is 4.10. The number of aromatic carboxylic acids is 1. The van der Waals surface area contributed by atoms with Crippen molar-refractivity contribution in [3.05, 3.63) is 47.0 Å². The van der Waals surface area contributed by atoms with Crippen molar-refractivity contribution < 1.29 is 14.7 Å². The van der Waals surface area contributed by atoms with Crippen LogP contribution in [0.3, 0.4) is 0 Å². The Bertz CT molecular complexity index is 627. The summed E-state index contributed by atoms with van der Waals surface area (Å²) in [6.07, 6.45) is 0. The van der Waals surface area contributed by atoms with Gasteiger partial charge in [-0.05, 0) is 53.1 Å². The number of carbonyl (C=O) groups is 2. The van der Waals surface area contributed by atoms with Gasteiger partial charge in [-0.2, -0.15) is 0 Å². The molecular weight excluding hydrogens is 240 g/mol. The van der Waals surface area contributed by atoms with Gasteiger partial charge in [-0.3, -0.25) is 4.79 Å². The normalized spacial score (nSPS) is 10.5. The van der Waals surface area contributed by atoms with Crippen molar-refractivity contribution >= 4 is 33.6 Å². The molecule has 17 heavy (non-hydrogen) atoms. The summed E-state index contributed by atoms with van der Waals surface area (Å²) in [6.45, 7) is 1.72. The third-order valence-corrected chi connectivity index (χ3v) is 2.97. The highest BCUT2D eigenvalue weighted by Gasteiger charge is 2.11. The number of benzene rings is 2. The van der Waals surface area contributed by atoms with Crippen molar-refractivity contribution in [2.45, 2.75) is 6.92 Å². The highest BCUT2D eigenvalue weighted by Crippen LogP contribution is 2.23. The lowest BCUT2D eigenvalue weighted by Crippen LogP contribution is -2.00. The van der Waals surface area contributed by atoms with Crippen LogP contribution in [0.15, 0.2) is 30.3 Å². The summed E-state index contributed by atoms with van der Waals surface area (Å²) in [5, 5.41) is 10.1. The molecule has 0 amide bonds. The highest BCUT2D eigenvalue weighted by atomic mass is 35.5. The molecule has 0 fully saturated rings. The van der Waals surface area contributed by atoms with Gasteiger partial charge in [0.1, 0.15) is 0 Å². The SMILES string of the molecule is Cc1c(C(=O)O)ccc2ccc(C(=O)Cl)cc12. The summed E-state index contributed by atoms with van der Waals surface area (Å²) in [6, 6.07) is 8.27. The first-order chi connectivity index (χ1) is 8.00. The maximum Gasteiger partial charge on any atom is 0.335 e. The standard InChI is InChI=1S/C13H9ClO3/c1-7-10(13(16)17)5-4-8-2-3-9(12(14)15)6-11(7)8/h2-6H,1H3,(H,16,17). The average Bonchev–Trinajstić information content (AvgIpc) is 2.28. The van der Waals surface area contributed by atoms with Crippen molar-refractivity contribution in [2.24, 2.45) is 0 Å². The van der Waals surface area contributed by atoms with Crippen molar-refractivity contribution in [2.75, 3.05) is 0 Å². The van der Waals surface area contributed by atoms with Gasteiger partial charge in [0.15, 0.2) is 0 Å². The van der Waals surface area contributed by atoms with Crippen LogP contribution in [0.4, 0.5) is 0 Å². The van der Waals surface area contributed by atoms with E-state index >= 15 is 0 Å². The fraction of sp³-hybridized carbons (Fsp3) is 0.0769. The summed E-state index contributed by atoms with van der Waals surface area (Å²) in [5.41, 5.74) is 1.23. The molecule has 0 aliphatic carbocycles. The van der Waals surface area contributed by atoms with E-state index in [2.05, 4.69) is 0 Å². The molecule has 0 saturated carbocycles. The van der Waals surface area contributed by atoms with Gasteiger partial charge in [0.05, 0.1) is 5.56 Å². The zero-order valence-electron chi connectivity index (χ0n) is 9.03. The summed E-state index contributed by atoms with van der Waals surface area (Å²) < 4.78 is 0. The van der Waals surface area contributed by atoms with Gasteiger partial charge < -0.3 is 5.11 Å². The number of carboxylic acid groups (broad SMARTS) is 1. The van der Waals surface area contributed by atoms with E-state index in [1.54, 1.807) is 37.3 Å². The van der Waals surface area contributed by atoms with E-state index in [0.717, 1.165) is 10.8 Å². The fourth-order valence-corrected chi connectivity index (χ4v) is 1.94. The predicted octanol–water partition coefficient (Wildman–Crippen LogP) is 3.23. The van der Waals surface area contributed by atoms with E-state index in [-0.39, 0.29) is 5.56 Å². The van der Waals surface area contributed by atoms with Crippen molar-refractivity contribution in [1.29, 1.82) is 0 Å². The van der Waals surface area contributed by atoms with E-state index in [0.29, 0.717) is 11.1 Å². The van der Waals surface area contributed by atoms with Crippen LogP contribution in [0.5, 0.6) is 0 Å². The molecule has 0 saturated heterocycles. The minimum atomic E-state index is -0.980. The minimum absolute atomic E-state index is 0.233. The topological polar surface area (TPSA) is 54.4 Å². The predicted molar refractivity (Wildman–Crippen MR) is 65.8 cm³/mol. The van der Waals surface area contributed by atoms with Crippen LogP contribution in [0.25, 0.3) is 10.8 Å². The van der Waals surface area contributed by atoms with Crippen LogP contribution in [0.2, 0.25) is 0 Å². The van der Waals surface area contributed by atoms with Crippen molar-refractivity contribution in [1.82, 2.24) is 0 Å². The summed E-state index contributed by atoms with van der Waals surface area (Å²) in [7, 11) is 0. The van der Waals surface area contributed by atoms with Crippen LogP contribution in [0, 0.1) is 6.92 Å². The molecule has 0 radical (unpaired) electrons. The van der Waals surface area contributed by atoms with E-state index in [1.165, 1.54) is 0 Å². The van der Waals surface area contributed by atoms with E-state index in [9.17, 15) is 9.59 Å². The molecule has 0 atom stereocenters. The lowest BCUT2D eigenvalue weighted by atomic mass is 9.98. The Morgan fingerprint density at radius 2 is 1.82 bits per heavy atom. The zero-order chi connectivity index (χ0) is 12.6. The largest absolute Gasteiger partial charge is 0.478 e. The molecule has 86 valence electrons. The number of rotatable bonds is 2. The molecular formula is C13H9ClO3. The summed E-state index contributed by atoms with van der Waals surface area (Å²) >= 11 is 5.40. The third kappa shape index (κ3) is 2.01. The molecule has 0 aliphatic rings. The molecule has 2 rings (SSSR count). The van der Waals surface area contributed by atoms with Gasteiger partial charge >= 0.3 is 5.97 Å². The Kier molecular flexibility index (Phi) is 2.86. The fourth-order valence-electron chi connectivity index (χ4n) is 1.82. The number of carbonyl (C=O) groups excluding carboxylic acids is 1. The summed E-state index contributed by atoms with van der Waals surface area (Å²) in [4.78, 5) is 22.1. The van der Waals surface area contributed by atoms with Crippen LogP contribution in [-0.4, -0.2) is 16.3 Å². The first kappa shape index (κ1) is 11.6. The number of carboxylic acids is 1. The maximum absolute atomic E-state index is 11.1. The molecule has 4 heteroatoms. The third-order valence-electron chi connectivity index (χ3n) is 2.75. The summed E-state index contributed by atoms with van der Waals surface area (Å²) in [5.74, 6) is -0.980. The lowest BCUT2D eigenvalue weighted by molar-refractivity contribution is 0.0696. The Hall–Kier alpha value is -1.87. The maximum atomic E-state index is 11.1. The van der Waals surface area contributed by atoms with Gasteiger partial charge in [0.25, 0.3) is 5.24 Å². The second-order valence-electron chi connectivity index (χ2n) is 3.75. The molecule has 3 nitrogen and oxygen atoms in total. The van der Waals surface area contributed by atoms with Crippen molar-refractivity contribution in [3.63, 3.8) is 0 Å². The zero-order valence-corrected chi connectivity index (χ0v) is 9.78. The highest BCUT2D eigenvalue weighted by molar-refractivity contribution is 6.67. The molecule has 1 N–H and O–H groups in total. The van der Waals surface area contributed by atoms with Gasteiger partial charge in [0.2, 0.25) is 0 Å². The molecule has 0 spiro atoms. The smallest absolute Gasteiger partial charge is 0.335 e. The number of halogens is 1. The first-order valence-electron chi connectivity index (χ1n) is 4.97. The number of hydrogen-bond acceptors (Lipinski definition) is 2. The average molecular weight is 249 g/mol. The van der Waals surface area contributed by atoms with E-state index in [1.807, 2.05) is 0 Å². The Balaban J connectivity index is 2.78. The van der Waals surface area contributed by atoms with Gasteiger partial charge in [-0.1, -0.05) is 12.1 Å². The Morgan fingerprint density at radius 1 is 1.18 bits per heavy atom. The quantitative estimate of drug-likeness (QED) is 0.830. The molecule has 2 aromatic carbocycles. The van der Waals surface area contributed by atoms with Gasteiger partial charge in [-0.25, -0.2) is 4.79 Å². The molecule has 2 aromatic rings. The van der Waals surface area contributed by atoms with Crippen LogP contribution in [-0.2, 0) is 0 Å². The Labute approximate surface area is 103 Å². The molecule has 0 aromatic heterocycles. The number of aryl methyl sites for hydroxylation is 1. The van der Waals surface area contributed by atoms with Gasteiger partial charge in [0, 0.05) is 5.56 Å². The van der Waals surface area contributed by atoms with Crippen LogP contribution >= 0.6 is 11.6 Å². The first-order valence-corrected chi connectivity index (χ1v) is 5.35. The van der Waals surface area contributed by atoms with E-state index in [4.69, 9.17) is 16.7 Å². The van der Waals surface area contributed by atoms with Crippen molar-refractivity contribution in [3.8, 4) is 0 Å². The van der Waals surface area contributed by atoms with Gasteiger partial charge in [-0.15, -0.1) is 0 Å². The minimum Gasteiger partial charge on any atom is -0.478 e. The second kappa shape index (κ2) is 4.18. The Morgan fingerprint density at radius 3 is 2.41 bits per heavy atom. The monoisotopic (exact) mass is 248 g/mol. The van der Waals surface area contributed by atoms with Crippen LogP contribution < -0.4 is 0 Å². The number of fused-ring (bicyclic) bond motifs is 1. The molecule has 0 aliphatic heterocycles. The molecule has 0 heterocycles. The lowest BCUT2D eigenvalue weighted by Gasteiger charge is -2.06.